The van der Waals surface area contributed by atoms with Gasteiger partial charge >= 0.3 is 6.09 Å². The summed E-state index contributed by atoms with van der Waals surface area (Å²) in [4.78, 5) is 38.5. The number of hydrogen-bond donors (Lipinski definition) is 5. The maximum atomic E-state index is 13.4. The minimum Gasteiger partial charge on any atom is -0.505 e. The number of phenols is 1. The van der Waals surface area contributed by atoms with E-state index in [1.54, 1.807) is 39.0 Å². The Morgan fingerprint density at radius 2 is 1.78 bits per heavy atom. The maximum Gasteiger partial charge on any atom is 0.405 e. The highest BCUT2D eigenvalue weighted by Crippen LogP contribution is 2.43. The van der Waals surface area contributed by atoms with Crippen molar-refractivity contribution in [2.75, 3.05) is 32.0 Å². The number of allylic oxidation sites excluding steroid dienone is 2. The van der Waals surface area contributed by atoms with E-state index in [0.29, 0.717) is 23.1 Å². The van der Waals surface area contributed by atoms with Gasteiger partial charge in [-0.1, -0.05) is 38.2 Å². The number of fused-ring (bicyclic) bond motifs is 2. The van der Waals surface area contributed by atoms with Crippen LogP contribution in [0, 0.1) is 23.2 Å². The van der Waals surface area contributed by atoms with Crippen LogP contribution >= 0.6 is 0 Å². The summed E-state index contributed by atoms with van der Waals surface area (Å²) < 4.78 is 22.4. The Labute approximate surface area is 292 Å². The number of nitrogens with two attached hydrogens (primary N) is 1. The first-order valence-electron chi connectivity index (χ1n) is 16.0. The lowest BCUT2D eigenvalue weighted by Crippen LogP contribution is -2.37. The van der Waals surface area contributed by atoms with Gasteiger partial charge in [-0.3, -0.25) is 9.59 Å². The second-order valence-electron chi connectivity index (χ2n) is 12.3. The number of anilines is 2. The number of aliphatic hydroxyl groups is 1. The van der Waals surface area contributed by atoms with Gasteiger partial charge in [0, 0.05) is 36.8 Å². The van der Waals surface area contributed by atoms with E-state index in [0.717, 1.165) is 0 Å². The molecule has 0 unspecified atom stereocenters. The van der Waals surface area contributed by atoms with Crippen LogP contribution in [0.5, 0.6) is 11.5 Å². The molecule has 0 spiro atoms. The first-order valence-corrected chi connectivity index (χ1v) is 16.0. The predicted octanol–water partition coefficient (Wildman–Crippen LogP) is 4.99. The first-order chi connectivity index (χ1) is 23.7. The number of aliphatic hydroxyl groups excluding tert-OH is 1. The van der Waals surface area contributed by atoms with Crippen LogP contribution in [0.1, 0.15) is 55.6 Å². The van der Waals surface area contributed by atoms with E-state index in [9.17, 15) is 24.6 Å². The normalized spacial score (nSPS) is 26.2. The van der Waals surface area contributed by atoms with E-state index in [1.807, 2.05) is 13.0 Å². The molecule has 13 heteroatoms. The van der Waals surface area contributed by atoms with Gasteiger partial charge in [0.25, 0.3) is 11.8 Å². The summed E-state index contributed by atoms with van der Waals surface area (Å²) in [7, 11) is 4.32. The van der Waals surface area contributed by atoms with Crippen LogP contribution < -0.4 is 21.1 Å². The zero-order valence-electron chi connectivity index (χ0n) is 29.4. The number of nitriles is 1. The molecule has 2 aromatic carbocycles. The fraction of sp³-hybridized carbons (Fsp3) is 0.405. The molecular weight excluding hydrogens is 644 g/mol. The number of amides is 3. The van der Waals surface area contributed by atoms with Crippen LogP contribution in [0.25, 0.3) is 0 Å². The molecule has 2 bridgehead atoms. The van der Waals surface area contributed by atoms with Crippen molar-refractivity contribution in [3.63, 3.8) is 0 Å². The van der Waals surface area contributed by atoms with Gasteiger partial charge in [-0.25, -0.2) is 4.79 Å². The third-order valence-corrected chi connectivity index (χ3v) is 8.53. The average molecular weight is 691 g/mol. The Morgan fingerprint density at radius 3 is 2.36 bits per heavy atom. The van der Waals surface area contributed by atoms with Gasteiger partial charge in [-0.05, 0) is 68.5 Å². The molecule has 268 valence electrons. The third kappa shape index (κ3) is 9.94. The van der Waals surface area contributed by atoms with Crippen molar-refractivity contribution < 1.29 is 43.5 Å². The molecule has 50 heavy (non-hydrogen) atoms. The summed E-state index contributed by atoms with van der Waals surface area (Å²) in [6, 6.07) is 9.47. The Kier molecular flexibility index (Phi) is 14.1. The number of phenolic OH excluding ortho intramolecular Hbond substituents is 1. The highest BCUT2D eigenvalue weighted by atomic mass is 16.6. The predicted molar refractivity (Wildman–Crippen MR) is 188 cm³/mol. The van der Waals surface area contributed by atoms with Crippen molar-refractivity contribution >= 4 is 29.3 Å². The lowest BCUT2D eigenvalue weighted by molar-refractivity contribution is -0.112. The SMILES string of the molecule is COc1c(NC(=O)c2ccc(C#N)cc2)cc2c(O)c1C[C@@H](C)C[C@H](OC)[C@H](O)[C@@H](C)/C=C(\C)[C@H](OC(N)=O)[C@@H](OC)/C=C\C=C(/C)C(=O)N2. The summed E-state index contributed by atoms with van der Waals surface area (Å²) in [6.07, 6.45) is 2.59. The number of primary amides is 1. The van der Waals surface area contributed by atoms with E-state index in [1.165, 1.54) is 57.7 Å². The average Bonchev–Trinajstić information content (AvgIpc) is 3.09. The molecule has 0 saturated heterocycles. The molecule has 1 heterocycles. The van der Waals surface area contributed by atoms with E-state index >= 15 is 0 Å². The molecule has 1 aliphatic rings. The number of ether oxygens (including phenoxy) is 4. The lowest BCUT2D eigenvalue weighted by Gasteiger charge is -2.29. The summed E-state index contributed by atoms with van der Waals surface area (Å²) in [5, 5.41) is 37.6. The monoisotopic (exact) mass is 690 g/mol. The molecule has 6 atom stereocenters. The molecule has 3 amide bonds. The fourth-order valence-corrected chi connectivity index (χ4v) is 5.82. The van der Waals surface area contributed by atoms with E-state index in [2.05, 4.69) is 10.6 Å². The minimum atomic E-state index is -1.01. The largest absolute Gasteiger partial charge is 0.505 e. The molecule has 13 nitrogen and oxygen atoms in total. The molecule has 2 aromatic rings. The number of benzene rings is 2. The second kappa shape index (κ2) is 18.0. The highest BCUT2D eigenvalue weighted by Gasteiger charge is 2.30. The first kappa shape index (κ1) is 39.3. The Balaban J connectivity index is 2.16. The van der Waals surface area contributed by atoms with Crippen LogP contribution in [0.15, 0.2) is 65.8 Å². The van der Waals surface area contributed by atoms with Crippen LogP contribution in [-0.2, 0) is 25.4 Å². The Hall–Kier alpha value is -5.16. The summed E-state index contributed by atoms with van der Waals surface area (Å²) in [6.45, 7) is 7.01. The molecule has 0 radical (unpaired) electrons. The van der Waals surface area contributed by atoms with Crippen molar-refractivity contribution in [1.29, 1.82) is 5.26 Å². The highest BCUT2D eigenvalue weighted by molar-refractivity contribution is 6.08. The van der Waals surface area contributed by atoms with E-state index < -0.39 is 48.2 Å². The van der Waals surface area contributed by atoms with Crippen molar-refractivity contribution in [2.24, 2.45) is 17.6 Å². The Morgan fingerprint density at radius 1 is 1.10 bits per heavy atom. The van der Waals surface area contributed by atoms with Crippen LogP contribution in [-0.4, -0.2) is 73.9 Å². The number of nitrogens with zero attached hydrogens (tertiary/aromatic N) is 1. The number of rotatable bonds is 6. The lowest BCUT2D eigenvalue weighted by atomic mass is 9.87. The van der Waals surface area contributed by atoms with Gasteiger partial charge in [0.2, 0.25) is 0 Å². The molecular formula is C37H46N4O9. The fourth-order valence-electron chi connectivity index (χ4n) is 5.82. The molecule has 6 N–H and O–H groups in total. The quantitative estimate of drug-likeness (QED) is 0.156. The number of aromatic hydroxyl groups is 1. The number of methoxy groups -OCH3 is 3. The molecule has 0 aliphatic carbocycles. The van der Waals surface area contributed by atoms with Crippen LogP contribution in [0.2, 0.25) is 0 Å². The number of carbonyl (C=O) groups is 3. The van der Waals surface area contributed by atoms with Crippen molar-refractivity contribution in [3.8, 4) is 17.6 Å². The van der Waals surface area contributed by atoms with Crippen LogP contribution in [0.3, 0.4) is 0 Å². The van der Waals surface area contributed by atoms with Crippen molar-refractivity contribution in [2.45, 2.75) is 65.0 Å². The van der Waals surface area contributed by atoms with E-state index in [-0.39, 0.29) is 46.3 Å². The number of nitrogens with one attached hydrogen (secondary N) is 2. The zero-order valence-corrected chi connectivity index (χ0v) is 29.4. The Bertz CT molecular complexity index is 1680. The van der Waals surface area contributed by atoms with Crippen LogP contribution in [0.4, 0.5) is 16.2 Å². The minimum absolute atomic E-state index is 0.0178. The van der Waals surface area contributed by atoms with Gasteiger partial charge in [-0.2, -0.15) is 5.26 Å². The molecule has 1 aliphatic heterocycles. The summed E-state index contributed by atoms with van der Waals surface area (Å²) in [5.41, 5.74) is 7.39. The molecule has 0 saturated carbocycles. The molecule has 0 aromatic heterocycles. The third-order valence-electron chi connectivity index (χ3n) is 8.53. The van der Waals surface area contributed by atoms with Gasteiger partial charge in [0.15, 0.2) is 6.10 Å². The molecule has 0 fully saturated rings. The van der Waals surface area contributed by atoms with Gasteiger partial charge in [0.05, 0.1) is 42.3 Å². The maximum absolute atomic E-state index is 13.4. The topological polar surface area (TPSA) is 202 Å². The number of hydrogen-bond acceptors (Lipinski definition) is 10. The number of carbonyl (C=O) groups excluding carboxylic acids is 3. The van der Waals surface area contributed by atoms with E-state index in [4.69, 9.17) is 29.9 Å². The van der Waals surface area contributed by atoms with Gasteiger partial charge in [-0.15, -0.1) is 0 Å². The van der Waals surface area contributed by atoms with Gasteiger partial charge in [0.1, 0.15) is 17.6 Å². The molecule has 3 rings (SSSR count). The van der Waals surface area contributed by atoms with Crippen molar-refractivity contribution in [1.82, 2.24) is 0 Å². The smallest absolute Gasteiger partial charge is 0.405 e. The van der Waals surface area contributed by atoms with Crippen molar-refractivity contribution in [3.05, 3.63) is 82.5 Å². The van der Waals surface area contributed by atoms with Gasteiger partial charge < -0.3 is 45.5 Å². The summed E-state index contributed by atoms with van der Waals surface area (Å²) >= 11 is 0. The summed E-state index contributed by atoms with van der Waals surface area (Å²) in [5.74, 6) is -1.82. The standard InChI is InChI=1S/C37H46N4O9/c1-20-15-26-32(43)27(18-28(34(26)49-7)41-36(45)25-13-11-24(19-38)12-14-25)40-35(44)21(2)9-8-10-29(47-5)33(50-37(39)46)23(4)17-22(3)31(42)30(16-20)48-6/h8-14,17-18,20,22,29-31,33,42-43H,15-16H2,1-7H3,(H2,39,46)(H,40,44)(H,41,45)/b10-8-,21-9+,23-17+/t20-,22+,29+,30+,31-,33+/m1/s1. The second-order valence-corrected chi connectivity index (χ2v) is 12.3. The zero-order chi connectivity index (χ0) is 37.1.